The first-order valence-electron chi connectivity index (χ1n) is 11.3. The molecule has 31 heavy (non-hydrogen) atoms. The van der Waals surface area contributed by atoms with Gasteiger partial charge >= 0.3 is 6.01 Å². The van der Waals surface area contributed by atoms with Gasteiger partial charge in [-0.15, -0.1) is 0 Å². The van der Waals surface area contributed by atoms with Crippen molar-refractivity contribution >= 4 is 15.9 Å². The molecule has 0 radical (unpaired) electrons. The second kappa shape index (κ2) is 9.14. The number of aromatic nitrogens is 3. The minimum Gasteiger partial charge on any atom is -0.478 e. The number of piperidine rings is 1. The zero-order valence-corrected chi connectivity index (χ0v) is 19.3. The fourth-order valence-corrected chi connectivity index (χ4v) is 5.23. The second-order valence-corrected chi connectivity index (χ2v) is 11.2. The fourth-order valence-electron chi connectivity index (χ4n) is 4.41. The number of hydrogen-bond acceptors (Lipinski definition) is 8. The Morgan fingerprint density at radius 3 is 2.65 bits per heavy atom. The van der Waals surface area contributed by atoms with Crippen molar-refractivity contribution in [1.82, 2.24) is 15.1 Å². The highest BCUT2D eigenvalue weighted by Gasteiger charge is 2.43. The molecule has 0 aromatic carbocycles. The van der Waals surface area contributed by atoms with Gasteiger partial charge in [0, 0.05) is 31.3 Å². The lowest BCUT2D eigenvalue weighted by Crippen LogP contribution is -2.34. The first-order valence-corrected chi connectivity index (χ1v) is 12.9. The first-order chi connectivity index (χ1) is 14.9. The van der Waals surface area contributed by atoms with Crippen LogP contribution in [-0.4, -0.2) is 49.0 Å². The van der Waals surface area contributed by atoms with E-state index >= 15 is 0 Å². The van der Waals surface area contributed by atoms with Crippen LogP contribution in [0.5, 0.6) is 5.88 Å². The van der Waals surface area contributed by atoms with Crippen molar-refractivity contribution in [3.05, 3.63) is 24.2 Å². The fraction of sp³-hybridized carbons (Fsp3) is 0.682. The lowest BCUT2D eigenvalue weighted by molar-refractivity contribution is 0.274. The van der Waals surface area contributed by atoms with Gasteiger partial charge in [-0.25, -0.2) is 13.4 Å². The van der Waals surface area contributed by atoms with Crippen LogP contribution in [0.4, 0.5) is 6.01 Å². The Morgan fingerprint density at radius 2 is 2.03 bits per heavy atom. The quantitative estimate of drug-likeness (QED) is 0.573. The molecule has 2 aromatic rings. The maximum Gasteiger partial charge on any atom is 0.324 e. The zero-order valence-electron chi connectivity index (χ0n) is 18.5. The molecule has 0 N–H and O–H groups in total. The molecule has 1 saturated heterocycles. The summed E-state index contributed by atoms with van der Waals surface area (Å²) < 4.78 is 34.9. The van der Waals surface area contributed by atoms with Crippen LogP contribution in [-0.2, 0) is 9.84 Å². The van der Waals surface area contributed by atoms with Crippen LogP contribution in [0.1, 0.15) is 58.2 Å². The Hall–Kier alpha value is -2.16. The Labute approximate surface area is 184 Å². The summed E-state index contributed by atoms with van der Waals surface area (Å²) in [7, 11) is -3.22. The van der Waals surface area contributed by atoms with Crippen LogP contribution in [0, 0.1) is 17.8 Å². The normalized spacial score (nSPS) is 22.1. The van der Waals surface area contributed by atoms with E-state index in [1.165, 1.54) is 12.6 Å². The Kier molecular flexibility index (Phi) is 6.50. The molecule has 3 heterocycles. The van der Waals surface area contributed by atoms with E-state index < -0.39 is 9.84 Å². The number of hydrogen-bond donors (Lipinski definition) is 0. The van der Waals surface area contributed by atoms with Crippen molar-refractivity contribution in [1.29, 1.82) is 0 Å². The maximum atomic E-state index is 11.8. The molecule has 170 valence electrons. The largest absolute Gasteiger partial charge is 0.478 e. The second-order valence-electron chi connectivity index (χ2n) is 8.95. The van der Waals surface area contributed by atoms with Crippen molar-refractivity contribution in [2.45, 2.75) is 57.3 Å². The average Bonchev–Trinajstić information content (AvgIpc) is 3.37. The molecule has 0 spiro atoms. The van der Waals surface area contributed by atoms with E-state index in [0.717, 1.165) is 50.0 Å². The summed E-state index contributed by atoms with van der Waals surface area (Å²) in [4.78, 5) is 11.1. The molecule has 0 bridgehead atoms. The lowest BCUT2D eigenvalue weighted by atomic mass is 9.90. The third kappa shape index (κ3) is 5.19. The van der Waals surface area contributed by atoms with Crippen LogP contribution in [0.3, 0.4) is 0 Å². The Morgan fingerprint density at radius 1 is 1.26 bits per heavy atom. The van der Waals surface area contributed by atoms with Crippen LogP contribution < -0.4 is 9.64 Å². The summed E-state index contributed by atoms with van der Waals surface area (Å²) >= 11 is 0. The van der Waals surface area contributed by atoms with E-state index in [0.29, 0.717) is 24.4 Å². The van der Waals surface area contributed by atoms with Crippen LogP contribution in [0.2, 0.25) is 0 Å². The Bertz CT molecular complexity index is 966. The van der Waals surface area contributed by atoms with Gasteiger partial charge in [0.05, 0.1) is 17.3 Å². The maximum absolute atomic E-state index is 11.8. The molecule has 2 atom stereocenters. The van der Waals surface area contributed by atoms with E-state index in [2.05, 4.69) is 33.9 Å². The van der Waals surface area contributed by atoms with Crippen LogP contribution in [0.15, 0.2) is 27.7 Å². The molecular weight excluding hydrogens is 416 g/mol. The molecule has 2 aromatic heterocycles. The highest BCUT2D eigenvalue weighted by molar-refractivity contribution is 7.91. The van der Waals surface area contributed by atoms with Crippen molar-refractivity contribution in [3.63, 3.8) is 0 Å². The summed E-state index contributed by atoms with van der Waals surface area (Å²) in [5, 5.41) is 4.07. The topological polar surface area (TPSA) is 98.4 Å². The van der Waals surface area contributed by atoms with Gasteiger partial charge in [0.25, 0.3) is 0 Å². The van der Waals surface area contributed by atoms with Crippen LogP contribution in [0.25, 0.3) is 0 Å². The van der Waals surface area contributed by atoms with Crippen LogP contribution >= 0.6 is 0 Å². The highest BCUT2D eigenvalue weighted by Crippen LogP contribution is 2.49. The smallest absolute Gasteiger partial charge is 0.324 e. The van der Waals surface area contributed by atoms with E-state index in [1.807, 2.05) is 0 Å². The summed E-state index contributed by atoms with van der Waals surface area (Å²) in [5.41, 5.74) is 0. The summed E-state index contributed by atoms with van der Waals surface area (Å²) in [6.45, 7) is 8.33. The van der Waals surface area contributed by atoms with Crippen molar-refractivity contribution in [3.8, 4) is 5.88 Å². The summed E-state index contributed by atoms with van der Waals surface area (Å²) in [6.07, 6.45) is 6.00. The monoisotopic (exact) mass is 448 g/mol. The molecule has 0 amide bonds. The molecule has 8 nitrogen and oxygen atoms in total. The van der Waals surface area contributed by atoms with Gasteiger partial charge in [-0.3, -0.25) is 0 Å². The zero-order chi connectivity index (χ0) is 22.0. The van der Waals surface area contributed by atoms with Crippen molar-refractivity contribution < 1.29 is 17.7 Å². The first kappa shape index (κ1) is 22.0. The average molecular weight is 449 g/mol. The predicted octanol–water partition coefficient (Wildman–Crippen LogP) is 3.70. The van der Waals surface area contributed by atoms with E-state index in [-0.39, 0.29) is 16.6 Å². The van der Waals surface area contributed by atoms with Crippen molar-refractivity contribution in [2.24, 2.45) is 17.8 Å². The minimum atomic E-state index is -3.22. The molecule has 4 rings (SSSR count). The summed E-state index contributed by atoms with van der Waals surface area (Å²) in [6, 6.07) is 3.88. The molecule has 0 unspecified atom stereocenters. The summed E-state index contributed by atoms with van der Waals surface area (Å²) in [5.74, 6) is 3.87. The molecular formula is C22H32N4O4S. The van der Waals surface area contributed by atoms with Gasteiger partial charge in [0.15, 0.2) is 15.7 Å². The molecule has 2 fully saturated rings. The van der Waals surface area contributed by atoms with E-state index in [4.69, 9.17) is 9.26 Å². The number of anilines is 1. The predicted molar refractivity (Wildman–Crippen MR) is 117 cm³/mol. The third-order valence-electron chi connectivity index (χ3n) is 6.53. The minimum absolute atomic E-state index is 0.0742. The number of ether oxygens (including phenoxy) is 1. The molecule has 1 aliphatic carbocycles. The lowest BCUT2D eigenvalue weighted by Gasteiger charge is -2.30. The van der Waals surface area contributed by atoms with Gasteiger partial charge in [-0.05, 0) is 49.5 Å². The van der Waals surface area contributed by atoms with Gasteiger partial charge in [0.1, 0.15) is 0 Å². The van der Waals surface area contributed by atoms with Crippen molar-refractivity contribution in [2.75, 3.05) is 30.3 Å². The molecule has 1 saturated carbocycles. The van der Waals surface area contributed by atoms with Gasteiger partial charge in [-0.1, -0.05) is 25.9 Å². The van der Waals surface area contributed by atoms with Gasteiger partial charge < -0.3 is 14.2 Å². The molecule has 2 aliphatic rings. The van der Waals surface area contributed by atoms with E-state index in [9.17, 15) is 8.42 Å². The van der Waals surface area contributed by atoms with Gasteiger partial charge in [-0.2, -0.15) is 4.98 Å². The molecule has 1 aliphatic heterocycles. The highest BCUT2D eigenvalue weighted by atomic mass is 32.2. The number of rotatable bonds is 9. The van der Waals surface area contributed by atoms with Gasteiger partial charge in [0.2, 0.25) is 5.88 Å². The Balaban J connectivity index is 1.17. The standard InChI is InChI=1S/C22H32N4O4S/c1-4-31(27,28)18-5-6-20(23-14-18)29-12-9-17-13-19(17)16-7-10-26(11-8-16)22-24-21(15(2)3)25-30-22/h5-6,14-17,19H,4,7-13H2,1-3H3/t17-,19+/m1/s1. The molecule has 9 heteroatoms. The number of sulfone groups is 1. The third-order valence-corrected chi connectivity index (χ3v) is 8.25. The number of pyridine rings is 1. The number of nitrogens with zero attached hydrogens (tertiary/aromatic N) is 4. The van der Waals surface area contributed by atoms with E-state index in [1.54, 1.807) is 19.1 Å². The SMILES string of the molecule is CCS(=O)(=O)c1ccc(OCC[C@@H]2C[C@H]2C2CCN(c3nc(C(C)C)no3)CC2)nc1.